The van der Waals surface area contributed by atoms with E-state index in [-0.39, 0.29) is 48.4 Å². The van der Waals surface area contributed by atoms with Crippen molar-refractivity contribution in [2.24, 2.45) is 11.7 Å². The highest BCUT2D eigenvalue weighted by Gasteiger charge is 2.34. The van der Waals surface area contributed by atoms with Gasteiger partial charge < -0.3 is 30.5 Å². The zero-order valence-corrected chi connectivity index (χ0v) is 30.1. The normalized spacial score (nSPS) is 18.1. The second-order valence-electron chi connectivity index (χ2n) is 12.6. The maximum Gasteiger partial charge on any atom is 0.416 e. The monoisotopic (exact) mass is 702 g/mol. The van der Waals surface area contributed by atoms with Crippen molar-refractivity contribution in [3.8, 4) is 11.5 Å². The lowest BCUT2D eigenvalue weighted by Gasteiger charge is -2.38. The largest absolute Gasteiger partial charge is 0.508 e. The van der Waals surface area contributed by atoms with E-state index >= 15 is 0 Å². The summed E-state index contributed by atoms with van der Waals surface area (Å²) < 4.78 is 45.6. The van der Waals surface area contributed by atoms with E-state index in [1.165, 1.54) is 6.07 Å². The van der Waals surface area contributed by atoms with Crippen molar-refractivity contribution in [3.63, 3.8) is 0 Å². The Balaban J connectivity index is 0.000000480. The molecule has 1 aliphatic carbocycles. The Kier molecular flexibility index (Phi) is 16.7. The van der Waals surface area contributed by atoms with E-state index < -0.39 is 17.8 Å². The number of piperidine rings is 1. The van der Waals surface area contributed by atoms with Gasteiger partial charge in [0.15, 0.2) is 0 Å². The van der Waals surface area contributed by atoms with Gasteiger partial charge in [-0.15, -0.1) is 0 Å². The summed E-state index contributed by atoms with van der Waals surface area (Å²) >= 11 is 0. The van der Waals surface area contributed by atoms with Crippen LogP contribution in [-0.4, -0.2) is 90.2 Å². The van der Waals surface area contributed by atoms with Crippen molar-refractivity contribution in [2.45, 2.75) is 70.9 Å². The zero-order chi connectivity index (χ0) is 37.6. The topological polar surface area (TPSA) is 120 Å². The Morgan fingerprint density at radius 1 is 1.08 bits per heavy atom. The van der Waals surface area contributed by atoms with Crippen LogP contribution in [0.2, 0.25) is 0 Å². The third-order valence-corrected chi connectivity index (χ3v) is 9.10. The lowest BCUT2D eigenvalue weighted by Crippen LogP contribution is -2.43. The molecule has 4 unspecified atom stereocenters. The highest BCUT2D eigenvalue weighted by molar-refractivity contribution is 5.73. The average Bonchev–Trinajstić information content (AvgIpc) is 3.30. The molecular weight excluding hydrogens is 649 g/mol. The maximum atomic E-state index is 13.3. The van der Waals surface area contributed by atoms with E-state index in [0.29, 0.717) is 11.6 Å². The molecule has 4 atom stereocenters. The van der Waals surface area contributed by atoms with Crippen LogP contribution in [0.15, 0.2) is 78.4 Å². The number of hydrogen-bond acceptors (Lipinski definition) is 7. The standard InChI is InChI=1S/C28H32F3NO3.C9H18N2O.CH3NO/c1-5-35-26-17-22(28(29,30)31)12-16-25(26)19(3)32(4)27(21-10-14-24(34)15-11-21)18(2)20-7-6-8-23(33)13-9-20;1-8(12)11-6-4-9(5-7-11)10(2)3;2-1-3/h6-19,23,27,33-34H,5H2,1-4H3;9H,4-7H2,1-3H3;1H,(H2,2,3). The van der Waals surface area contributed by atoms with Crippen LogP contribution in [0.3, 0.4) is 0 Å². The number of alkyl halides is 3. The predicted molar refractivity (Wildman–Crippen MR) is 190 cm³/mol. The minimum Gasteiger partial charge on any atom is -0.508 e. The molecule has 2 aromatic carbocycles. The molecule has 0 radical (unpaired) electrons. The van der Waals surface area contributed by atoms with Crippen LogP contribution in [0.5, 0.6) is 11.5 Å². The number of aliphatic hydroxyl groups is 1. The number of aliphatic hydroxyl groups excluding tert-OH is 1. The average molecular weight is 703 g/mol. The third kappa shape index (κ3) is 12.3. The Labute approximate surface area is 294 Å². The first-order chi connectivity index (χ1) is 23.5. The first kappa shape index (κ1) is 42.0. The number of amides is 2. The van der Waals surface area contributed by atoms with E-state index in [4.69, 9.17) is 9.53 Å². The van der Waals surface area contributed by atoms with E-state index in [2.05, 4.69) is 36.6 Å². The van der Waals surface area contributed by atoms with Gasteiger partial charge in [0, 0.05) is 49.6 Å². The van der Waals surface area contributed by atoms with E-state index in [1.807, 2.05) is 49.2 Å². The van der Waals surface area contributed by atoms with Gasteiger partial charge >= 0.3 is 6.18 Å². The van der Waals surface area contributed by atoms with Crippen LogP contribution in [0.1, 0.15) is 69.3 Å². The lowest BCUT2D eigenvalue weighted by atomic mass is 9.85. The first-order valence-electron chi connectivity index (χ1n) is 16.7. The molecule has 1 fully saturated rings. The summed E-state index contributed by atoms with van der Waals surface area (Å²) in [7, 11) is 6.14. The van der Waals surface area contributed by atoms with Crippen molar-refractivity contribution in [1.82, 2.24) is 14.7 Å². The van der Waals surface area contributed by atoms with Crippen LogP contribution in [0, 0.1) is 5.92 Å². The molecule has 12 heteroatoms. The SMILES string of the molecule is CC(=O)N1CCC(N(C)C)CC1.CCOc1cc(C(F)(F)F)ccc1C(C)N(C)C(c1ccc(O)cc1)C(C)C1=CC=CC(O)C=C1.NC=O. The summed E-state index contributed by atoms with van der Waals surface area (Å²) in [5, 5.41) is 19.8. The van der Waals surface area contributed by atoms with Gasteiger partial charge in [-0.2, -0.15) is 13.2 Å². The summed E-state index contributed by atoms with van der Waals surface area (Å²) in [5.41, 5.74) is 6.01. The zero-order valence-electron chi connectivity index (χ0n) is 30.1. The molecule has 1 saturated heterocycles. The third-order valence-electron chi connectivity index (χ3n) is 9.10. The fourth-order valence-electron chi connectivity index (χ4n) is 6.14. The number of aromatic hydroxyl groups is 1. The lowest BCUT2D eigenvalue weighted by molar-refractivity contribution is -0.137. The van der Waals surface area contributed by atoms with Crippen LogP contribution in [0.25, 0.3) is 0 Å². The molecule has 1 aliphatic heterocycles. The van der Waals surface area contributed by atoms with Crippen molar-refractivity contribution in [1.29, 1.82) is 0 Å². The Morgan fingerprint density at radius 2 is 1.68 bits per heavy atom. The van der Waals surface area contributed by atoms with Crippen LogP contribution < -0.4 is 10.5 Å². The van der Waals surface area contributed by atoms with Crippen LogP contribution >= 0.6 is 0 Å². The Hall–Kier alpha value is -4.13. The fourth-order valence-corrected chi connectivity index (χ4v) is 6.14. The number of phenols is 1. The molecule has 1 heterocycles. The number of phenolic OH excluding ortho intramolecular Hbond substituents is 1. The second kappa shape index (κ2) is 19.9. The number of carbonyl (C=O) groups excluding carboxylic acids is 2. The maximum absolute atomic E-state index is 13.3. The number of ether oxygens (including phenoxy) is 1. The Bertz CT molecular complexity index is 1450. The molecule has 0 aromatic heterocycles. The highest BCUT2D eigenvalue weighted by Crippen LogP contribution is 2.42. The number of allylic oxidation sites excluding steroid dienone is 3. The van der Waals surface area contributed by atoms with Gasteiger partial charge in [-0.05, 0) is 83.2 Å². The molecule has 0 spiro atoms. The number of nitrogens with two attached hydrogens (primary N) is 1. The molecule has 50 heavy (non-hydrogen) atoms. The van der Waals surface area contributed by atoms with Crippen molar-refractivity contribution in [3.05, 3.63) is 95.1 Å². The quantitative estimate of drug-likeness (QED) is 0.264. The number of likely N-dealkylation sites (tertiary alicyclic amines) is 1. The van der Waals surface area contributed by atoms with Crippen LogP contribution in [0.4, 0.5) is 13.2 Å². The summed E-state index contributed by atoms with van der Waals surface area (Å²) in [6.07, 6.45) is 6.43. The van der Waals surface area contributed by atoms with Crippen molar-refractivity contribution >= 4 is 12.3 Å². The molecule has 0 saturated carbocycles. The summed E-state index contributed by atoms with van der Waals surface area (Å²) in [6.45, 7) is 9.50. The Morgan fingerprint density at radius 3 is 2.20 bits per heavy atom. The number of nitrogens with zero attached hydrogens (tertiary/aromatic N) is 3. The number of halogens is 3. The molecule has 0 bridgehead atoms. The highest BCUT2D eigenvalue weighted by atomic mass is 19.4. The van der Waals surface area contributed by atoms with Gasteiger partial charge in [-0.1, -0.05) is 55.5 Å². The number of hydrogen-bond donors (Lipinski definition) is 3. The van der Waals surface area contributed by atoms with E-state index in [9.17, 15) is 28.2 Å². The first-order valence-corrected chi connectivity index (χ1v) is 16.7. The van der Waals surface area contributed by atoms with Gasteiger partial charge in [-0.25, -0.2) is 0 Å². The molecule has 4 rings (SSSR count). The molecule has 4 N–H and O–H groups in total. The number of primary amides is 1. The minimum absolute atomic E-state index is 0.0526. The molecular formula is C38H53F3N4O5. The van der Waals surface area contributed by atoms with Crippen molar-refractivity contribution in [2.75, 3.05) is 40.8 Å². The molecule has 2 aliphatic rings. The second-order valence-corrected chi connectivity index (χ2v) is 12.6. The van der Waals surface area contributed by atoms with Crippen LogP contribution in [-0.2, 0) is 15.8 Å². The van der Waals surface area contributed by atoms with Gasteiger partial charge in [0.2, 0.25) is 12.3 Å². The summed E-state index contributed by atoms with van der Waals surface area (Å²) in [5.74, 6) is 0.519. The molecule has 2 aromatic rings. The fraction of sp³-hybridized carbons (Fsp3) is 0.474. The molecule has 2 amide bonds. The van der Waals surface area contributed by atoms with E-state index in [0.717, 1.165) is 49.2 Å². The molecule has 9 nitrogen and oxygen atoms in total. The summed E-state index contributed by atoms with van der Waals surface area (Å²) in [4.78, 5) is 25.8. The smallest absolute Gasteiger partial charge is 0.416 e. The molecule has 276 valence electrons. The van der Waals surface area contributed by atoms with Gasteiger partial charge in [0.05, 0.1) is 18.3 Å². The van der Waals surface area contributed by atoms with Gasteiger partial charge in [0.1, 0.15) is 11.5 Å². The van der Waals surface area contributed by atoms with Crippen molar-refractivity contribution < 1.29 is 37.7 Å². The number of benzene rings is 2. The minimum atomic E-state index is -4.46. The number of rotatable bonds is 9. The summed E-state index contributed by atoms with van der Waals surface area (Å²) in [6, 6.07) is 10.8. The predicted octanol–water partition coefficient (Wildman–Crippen LogP) is 6.25. The van der Waals surface area contributed by atoms with E-state index in [1.54, 1.807) is 38.1 Å². The van der Waals surface area contributed by atoms with Gasteiger partial charge in [-0.3, -0.25) is 14.5 Å². The van der Waals surface area contributed by atoms with Gasteiger partial charge in [0.25, 0.3) is 0 Å². The number of carbonyl (C=O) groups is 2.